The van der Waals surface area contributed by atoms with Gasteiger partial charge in [-0.05, 0) is 50.1 Å². The third-order valence-electron chi connectivity index (χ3n) is 5.88. The van der Waals surface area contributed by atoms with Gasteiger partial charge >= 0.3 is 0 Å². The number of nitrogens with zero attached hydrogens (tertiary/aromatic N) is 2. The van der Waals surface area contributed by atoms with E-state index in [4.69, 9.17) is 0 Å². The Morgan fingerprint density at radius 1 is 1.00 bits per heavy atom. The molecule has 0 aliphatic carbocycles. The van der Waals surface area contributed by atoms with Crippen molar-refractivity contribution in [1.29, 1.82) is 0 Å². The molecule has 9 heteroatoms. The van der Waals surface area contributed by atoms with E-state index >= 15 is 0 Å². The summed E-state index contributed by atoms with van der Waals surface area (Å²) in [4.78, 5) is 33.2. The highest BCUT2D eigenvalue weighted by Crippen LogP contribution is 2.34. The molecular weight excluding hydrogens is 428 g/mol. The molecule has 2 aromatic carbocycles. The lowest BCUT2D eigenvalue weighted by atomic mass is 9.91. The zero-order valence-electron chi connectivity index (χ0n) is 18.0. The van der Waals surface area contributed by atoms with Gasteiger partial charge in [-0.1, -0.05) is 18.2 Å². The third kappa shape index (κ3) is 3.79. The maximum Gasteiger partial charge on any atom is 0.257 e. The van der Waals surface area contributed by atoms with E-state index in [1.807, 2.05) is 26.0 Å². The smallest absolute Gasteiger partial charge is 0.257 e. The van der Waals surface area contributed by atoms with E-state index in [0.717, 1.165) is 17.7 Å². The summed E-state index contributed by atoms with van der Waals surface area (Å²) in [5, 5.41) is 8.72. The SMILES string of the molecule is CC1(C)C[C@@H](c2ccc(Nc3nc(-c4c(F)cccc4F)nc4c3C(=O)NC4)cc2)C(=O)N1. The molecule has 7 nitrogen and oxygen atoms in total. The lowest BCUT2D eigenvalue weighted by molar-refractivity contribution is -0.120. The molecule has 1 atom stereocenters. The van der Waals surface area contributed by atoms with E-state index in [1.54, 1.807) is 12.1 Å². The molecule has 0 bridgehead atoms. The summed E-state index contributed by atoms with van der Waals surface area (Å²) in [5.41, 5.74) is 1.47. The van der Waals surface area contributed by atoms with Crippen molar-refractivity contribution in [2.75, 3.05) is 5.32 Å². The fourth-order valence-corrected chi connectivity index (χ4v) is 4.32. The molecule has 2 aliphatic heterocycles. The summed E-state index contributed by atoms with van der Waals surface area (Å²) in [6.45, 7) is 4.11. The van der Waals surface area contributed by atoms with Gasteiger partial charge in [-0.3, -0.25) is 9.59 Å². The number of hydrogen-bond acceptors (Lipinski definition) is 5. The molecule has 3 aromatic rings. The maximum absolute atomic E-state index is 14.3. The number of aromatic nitrogens is 2. The monoisotopic (exact) mass is 449 g/mol. The number of nitrogens with one attached hydrogen (secondary N) is 3. The van der Waals surface area contributed by atoms with Crippen LogP contribution < -0.4 is 16.0 Å². The van der Waals surface area contributed by atoms with Crippen LogP contribution in [0.1, 0.15) is 47.8 Å². The Labute approximate surface area is 188 Å². The summed E-state index contributed by atoms with van der Waals surface area (Å²) >= 11 is 0. The predicted octanol–water partition coefficient (Wildman–Crippen LogP) is 3.79. The first kappa shape index (κ1) is 21.0. The minimum Gasteiger partial charge on any atom is -0.351 e. The number of carbonyl (C=O) groups excluding carboxylic acids is 2. The van der Waals surface area contributed by atoms with Crippen LogP contribution in [0.25, 0.3) is 11.4 Å². The largest absolute Gasteiger partial charge is 0.351 e. The topological polar surface area (TPSA) is 96.0 Å². The Kier molecular flexibility index (Phi) is 4.84. The third-order valence-corrected chi connectivity index (χ3v) is 5.88. The first-order valence-electron chi connectivity index (χ1n) is 10.5. The molecule has 0 spiro atoms. The molecule has 3 heterocycles. The Balaban J connectivity index is 1.49. The van der Waals surface area contributed by atoms with Gasteiger partial charge in [0.2, 0.25) is 5.91 Å². The Bertz CT molecular complexity index is 1270. The Morgan fingerprint density at radius 2 is 1.70 bits per heavy atom. The summed E-state index contributed by atoms with van der Waals surface area (Å²) in [7, 11) is 0. The number of fused-ring (bicyclic) bond motifs is 1. The van der Waals surface area contributed by atoms with Crippen LogP contribution in [0.15, 0.2) is 42.5 Å². The molecule has 2 amide bonds. The zero-order chi connectivity index (χ0) is 23.3. The quantitative estimate of drug-likeness (QED) is 0.563. The molecule has 1 aromatic heterocycles. The van der Waals surface area contributed by atoms with Gasteiger partial charge in [0.1, 0.15) is 23.0 Å². The molecule has 1 saturated heterocycles. The average molecular weight is 449 g/mol. The van der Waals surface area contributed by atoms with E-state index in [-0.39, 0.29) is 52.6 Å². The van der Waals surface area contributed by atoms with Crippen molar-refractivity contribution in [3.63, 3.8) is 0 Å². The van der Waals surface area contributed by atoms with Crippen molar-refractivity contribution in [2.45, 2.75) is 38.3 Å². The minimum atomic E-state index is -0.791. The predicted molar refractivity (Wildman–Crippen MR) is 118 cm³/mol. The van der Waals surface area contributed by atoms with Crippen molar-refractivity contribution >= 4 is 23.3 Å². The zero-order valence-corrected chi connectivity index (χ0v) is 18.0. The van der Waals surface area contributed by atoms with Crippen LogP contribution in [0.2, 0.25) is 0 Å². The van der Waals surface area contributed by atoms with Crippen LogP contribution in [-0.4, -0.2) is 27.3 Å². The molecule has 0 unspecified atom stereocenters. The van der Waals surface area contributed by atoms with Crippen LogP contribution in [0.4, 0.5) is 20.3 Å². The summed E-state index contributed by atoms with van der Waals surface area (Å²) in [6.07, 6.45) is 0.690. The van der Waals surface area contributed by atoms with Gasteiger partial charge in [-0.15, -0.1) is 0 Å². The molecule has 1 fully saturated rings. The Hall–Kier alpha value is -3.88. The van der Waals surface area contributed by atoms with Crippen LogP contribution in [0.5, 0.6) is 0 Å². The first-order valence-corrected chi connectivity index (χ1v) is 10.5. The maximum atomic E-state index is 14.3. The van der Waals surface area contributed by atoms with Gasteiger partial charge in [0.15, 0.2) is 5.82 Å². The lowest BCUT2D eigenvalue weighted by Crippen LogP contribution is -2.34. The molecule has 3 N–H and O–H groups in total. The normalized spacial score (nSPS) is 18.6. The lowest BCUT2D eigenvalue weighted by Gasteiger charge is -2.16. The molecule has 168 valence electrons. The summed E-state index contributed by atoms with van der Waals surface area (Å²) in [5.74, 6) is -2.19. The number of anilines is 2. The Morgan fingerprint density at radius 3 is 2.33 bits per heavy atom. The van der Waals surface area contributed by atoms with Crippen molar-refractivity contribution in [1.82, 2.24) is 20.6 Å². The number of rotatable bonds is 4. The second-order valence-corrected chi connectivity index (χ2v) is 8.87. The van der Waals surface area contributed by atoms with Gasteiger partial charge in [-0.25, -0.2) is 18.7 Å². The van der Waals surface area contributed by atoms with Crippen molar-refractivity contribution in [3.8, 4) is 11.4 Å². The number of hydrogen-bond donors (Lipinski definition) is 3. The van der Waals surface area contributed by atoms with Crippen molar-refractivity contribution in [3.05, 3.63) is 70.9 Å². The minimum absolute atomic E-state index is 0.0115. The highest BCUT2D eigenvalue weighted by molar-refractivity contribution is 6.03. The second-order valence-electron chi connectivity index (χ2n) is 8.87. The summed E-state index contributed by atoms with van der Waals surface area (Å²) in [6, 6.07) is 10.8. The average Bonchev–Trinajstić information content (AvgIpc) is 3.26. The molecule has 0 radical (unpaired) electrons. The highest BCUT2D eigenvalue weighted by Gasteiger charge is 2.38. The van der Waals surface area contributed by atoms with E-state index in [9.17, 15) is 18.4 Å². The molecule has 5 rings (SSSR count). The first-order chi connectivity index (χ1) is 15.7. The van der Waals surface area contributed by atoms with E-state index in [1.165, 1.54) is 6.07 Å². The van der Waals surface area contributed by atoms with Crippen molar-refractivity contribution in [2.24, 2.45) is 0 Å². The van der Waals surface area contributed by atoms with Gasteiger partial charge in [0, 0.05) is 11.2 Å². The number of carbonyl (C=O) groups is 2. The number of amides is 2. The van der Waals surface area contributed by atoms with Crippen LogP contribution >= 0.6 is 0 Å². The molecule has 33 heavy (non-hydrogen) atoms. The number of halogens is 2. The molecular formula is C24H21F2N5O2. The van der Waals surface area contributed by atoms with E-state index < -0.39 is 11.6 Å². The summed E-state index contributed by atoms with van der Waals surface area (Å²) < 4.78 is 28.7. The van der Waals surface area contributed by atoms with Crippen molar-refractivity contribution < 1.29 is 18.4 Å². The highest BCUT2D eigenvalue weighted by atomic mass is 19.1. The van der Waals surface area contributed by atoms with Crippen LogP contribution in [0.3, 0.4) is 0 Å². The van der Waals surface area contributed by atoms with Crippen LogP contribution in [-0.2, 0) is 11.3 Å². The number of benzene rings is 2. The van der Waals surface area contributed by atoms with Crippen LogP contribution in [0, 0.1) is 11.6 Å². The van der Waals surface area contributed by atoms with E-state index in [2.05, 4.69) is 25.9 Å². The molecule has 0 saturated carbocycles. The van der Waals surface area contributed by atoms with E-state index in [0.29, 0.717) is 17.8 Å². The fourth-order valence-electron chi connectivity index (χ4n) is 4.32. The van der Waals surface area contributed by atoms with Gasteiger partial charge in [0.25, 0.3) is 5.91 Å². The molecule has 2 aliphatic rings. The fraction of sp³-hybridized carbons (Fsp3) is 0.250. The van der Waals surface area contributed by atoms with Gasteiger partial charge in [-0.2, -0.15) is 0 Å². The van der Waals surface area contributed by atoms with Gasteiger partial charge < -0.3 is 16.0 Å². The van der Waals surface area contributed by atoms with Gasteiger partial charge in [0.05, 0.1) is 23.7 Å². The second kappa shape index (κ2) is 7.61. The standard InChI is InChI=1S/C24H21F2N5O2/c1-24(2)10-14(22(32)31-24)12-6-8-13(9-7-12)28-21-19-17(11-27-23(19)33)29-20(30-21)18-15(25)4-3-5-16(18)26/h3-9,14H,10-11H2,1-2H3,(H,27,33)(H,31,32)(H,28,29,30)/t14-/m0/s1.